The first-order chi connectivity index (χ1) is 11.8. The van der Waals surface area contributed by atoms with E-state index in [4.69, 9.17) is 10.00 Å². The van der Waals surface area contributed by atoms with Gasteiger partial charge in [0, 0.05) is 19.7 Å². The second-order valence-corrected chi connectivity index (χ2v) is 7.43. The Bertz CT molecular complexity index is 949. The zero-order valence-electron chi connectivity index (χ0n) is 13.6. The first-order valence-electron chi connectivity index (χ1n) is 7.14. The van der Waals surface area contributed by atoms with E-state index < -0.39 is 27.4 Å². The van der Waals surface area contributed by atoms with E-state index in [-0.39, 0.29) is 11.5 Å². The van der Waals surface area contributed by atoms with Crippen LogP contribution in [0.2, 0.25) is 0 Å². The standard InChI is InChI=1S/C17H15FN2O4S/c1-20(2)25(22,23)14-7-8-16(18)15(9-14)17(21)24-11-13-6-4-3-5-12(13)10-19/h3-9H,11H2,1-2H3. The fourth-order valence-electron chi connectivity index (χ4n) is 2.01. The van der Waals surface area contributed by atoms with Crippen LogP contribution >= 0.6 is 0 Å². The summed E-state index contributed by atoms with van der Waals surface area (Å²) in [7, 11) is -1.15. The lowest BCUT2D eigenvalue weighted by Gasteiger charge is -2.13. The molecule has 0 unspecified atom stereocenters. The number of benzene rings is 2. The van der Waals surface area contributed by atoms with Crippen molar-refractivity contribution in [3.05, 3.63) is 65.0 Å². The lowest BCUT2D eigenvalue weighted by Crippen LogP contribution is -2.22. The molecule has 2 rings (SSSR count). The molecule has 130 valence electrons. The van der Waals surface area contributed by atoms with E-state index >= 15 is 0 Å². The zero-order valence-corrected chi connectivity index (χ0v) is 14.4. The number of sulfonamides is 1. The van der Waals surface area contributed by atoms with Crippen LogP contribution in [0.1, 0.15) is 21.5 Å². The number of esters is 1. The van der Waals surface area contributed by atoms with Crippen LogP contribution in [0.4, 0.5) is 4.39 Å². The van der Waals surface area contributed by atoms with E-state index in [0.717, 1.165) is 22.5 Å². The molecule has 0 N–H and O–H groups in total. The SMILES string of the molecule is CN(C)S(=O)(=O)c1ccc(F)c(C(=O)OCc2ccccc2C#N)c1. The van der Waals surface area contributed by atoms with Gasteiger partial charge >= 0.3 is 5.97 Å². The molecule has 0 amide bonds. The molecule has 0 saturated heterocycles. The second kappa shape index (κ2) is 7.42. The van der Waals surface area contributed by atoms with Gasteiger partial charge in [-0.3, -0.25) is 0 Å². The molecule has 0 saturated carbocycles. The Morgan fingerprint density at radius 1 is 1.24 bits per heavy atom. The minimum atomic E-state index is -3.81. The average Bonchev–Trinajstić information content (AvgIpc) is 2.59. The van der Waals surface area contributed by atoms with Gasteiger partial charge in [0.15, 0.2) is 0 Å². The molecule has 0 bridgehead atoms. The number of nitrogens with zero attached hydrogens (tertiary/aromatic N) is 2. The van der Waals surface area contributed by atoms with Crippen molar-refractivity contribution in [3.63, 3.8) is 0 Å². The van der Waals surface area contributed by atoms with Crippen molar-refractivity contribution in [3.8, 4) is 6.07 Å². The summed E-state index contributed by atoms with van der Waals surface area (Å²) in [6.07, 6.45) is 0. The number of nitriles is 1. The normalized spacial score (nSPS) is 11.2. The second-order valence-electron chi connectivity index (χ2n) is 5.27. The predicted molar refractivity (Wildman–Crippen MR) is 87.5 cm³/mol. The summed E-state index contributed by atoms with van der Waals surface area (Å²) in [5.41, 5.74) is 0.313. The van der Waals surface area contributed by atoms with Crippen molar-refractivity contribution < 1.29 is 22.3 Å². The van der Waals surface area contributed by atoms with E-state index in [0.29, 0.717) is 11.1 Å². The number of halogens is 1. The van der Waals surface area contributed by atoms with Gasteiger partial charge in [0.2, 0.25) is 10.0 Å². The van der Waals surface area contributed by atoms with Crippen LogP contribution in [0.3, 0.4) is 0 Å². The number of carbonyl (C=O) groups is 1. The van der Waals surface area contributed by atoms with Gasteiger partial charge in [-0.15, -0.1) is 0 Å². The van der Waals surface area contributed by atoms with Gasteiger partial charge in [-0.2, -0.15) is 5.26 Å². The maximum atomic E-state index is 13.9. The number of hydrogen-bond acceptors (Lipinski definition) is 5. The van der Waals surface area contributed by atoms with Crippen LogP contribution < -0.4 is 0 Å². The van der Waals surface area contributed by atoms with Crippen molar-refractivity contribution in [1.29, 1.82) is 5.26 Å². The van der Waals surface area contributed by atoms with E-state index in [9.17, 15) is 17.6 Å². The van der Waals surface area contributed by atoms with Crippen molar-refractivity contribution in [1.82, 2.24) is 4.31 Å². The Balaban J connectivity index is 2.27. The minimum Gasteiger partial charge on any atom is -0.457 e. The Labute approximate surface area is 145 Å². The van der Waals surface area contributed by atoms with Crippen LogP contribution in [0, 0.1) is 17.1 Å². The molecule has 2 aromatic carbocycles. The average molecular weight is 362 g/mol. The first kappa shape index (κ1) is 18.6. The topological polar surface area (TPSA) is 87.5 Å². The van der Waals surface area contributed by atoms with Gasteiger partial charge < -0.3 is 4.74 Å². The molecule has 2 aromatic rings. The molecule has 6 nitrogen and oxygen atoms in total. The van der Waals surface area contributed by atoms with Gasteiger partial charge in [0.25, 0.3) is 0 Å². The molecule has 25 heavy (non-hydrogen) atoms. The van der Waals surface area contributed by atoms with Gasteiger partial charge in [0.1, 0.15) is 12.4 Å². The molecule has 8 heteroatoms. The summed E-state index contributed by atoms with van der Waals surface area (Å²) in [5, 5.41) is 9.00. The van der Waals surface area contributed by atoms with Crippen LogP contribution in [0.25, 0.3) is 0 Å². The Morgan fingerprint density at radius 3 is 2.56 bits per heavy atom. The quantitative estimate of drug-likeness (QED) is 0.762. The molecule has 0 fully saturated rings. The van der Waals surface area contributed by atoms with Crippen molar-refractivity contribution in [2.45, 2.75) is 11.5 Å². The van der Waals surface area contributed by atoms with Crippen molar-refractivity contribution >= 4 is 16.0 Å². The maximum absolute atomic E-state index is 13.9. The molecule has 0 atom stereocenters. The lowest BCUT2D eigenvalue weighted by molar-refractivity contribution is 0.0466. The molecule has 0 heterocycles. The zero-order chi connectivity index (χ0) is 18.6. The van der Waals surface area contributed by atoms with Crippen LogP contribution in [0.15, 0.2) is 47.4 Å². The third-order valence-electron chi connectivity index (χ3n) is 3.43. The minimum absolute atomic E-state index is 0.219. The highest BCUT2D eigenvalue weighted by atomic mass is 32.2. The summed E-state index contributed by atoms with van der Waals surface area (Å²) in [5.74, 6) is -1.91. The van der Waals surface area contributed by atoms with Gasteiger partial charge in [-0.1, -0.05) is 18.2 Å². The number of rotatable bonds is 5. The summed E-state index contributed by atoms with van der Waals surface area (Å²) in [6, 6.07) is 11.4. The van der Waals surface area contributed by atoms with E-state index in [2.05, 4.69) is 0 Å². The molecule has 0 aliphatic heterocycles. The maximum Gasteiger partial charge on any atom is 0.341 e. The lowest BCUT2D eigenvalue weighted by atomic mass is 10.1. The molecule has 0 radical (unpaired) electrons. The summed E-state index contributed by atoms with van der Waals surface area (Å²) < 4.78 is 44.1. The third-order valence-corrected chi connectivity index (χ3v) is 5.24. The van der Waals surface area contributed by atoms with E-state index in [1.807, 2.05) is 6.07 Å². The number of carbonyl (C=O) groups excluding carboxylic acids is 1. The highest BCUT2D eigenvalue weighted by Crippen LogP contribution is 2.19. The number of hydrogen-bond donors (Lipinski definition) is 0. The van der Waals surface area contributed by atoms with Crippen LogP contribution in [0.5, 0.6) is 0 Å². The van der Waals surface area contributed by atoms with Crippen LogP contribution in [-0.4, -0.2) is 32.8 Å². The van der Waals surface area contributed by atoms with Crippen LogP contribution in [-0.2, 0) is 21.4 Å². The largest absolute Gasteiger partial charge is 0.457 e. The van der Waals surface area contributed by atoms with Crippen molar-refractivity contribution in [2.24, 2.45) is 0 Å². The Kier molecular flexibility index (Phi) is 5.51. The van der Waals surface area contributed by atoms with Crippen molar-refractivity contribution in [2.75, 3.05) is 14.1 Å². The van der Waals surface area contributed by atoms with E-state index in [1.54, 1.807) is 24.3 Å². The summed E-state index contributed by atoms with van der Waals surface area (Å²) in [4.78, 5) is 11.9. The highest BCUT2D eigenvalue weighted by molar-refractivity contribution is 7.89. The highest BCUT2D eigenvalue weighted by Gasteiger charge is 2.22. The van der Waals surface area contributed by atoms with E-state index in [1.165, 1.54) is 14.1 Å². The molecule has 0 aliphatic rings. The fourth-order valence-corrected chi connectivity index (χ4v) is 2.94. The Morgan fingerprint density at radius 2 is 1.92 bits per heavy atom. The molecule has 0 aliphatic carbocycles. The summed E-state index contributed by atoms with van der Waals surface area (Å²) >= 11 is 0. The predicted octanol–water partition coefficient (Wildman–Crippen LogP) is 2.30. The molecular formula is C17H15FN2O4S. The molecular weight excluding hydrogens is 347 g/mol. The third kappa shape index (κ3) is 4.02. The first-order valence-corrected chi connectivity index (χ1v) is 8.58. The van der Waals surface area contributed by atoms with Gasteiger partial charge in [-0.25, -0.2) is 21.9 Å². The van der Waals surface area contributed by atoms with Gasteiger partial charge in [0.05, 0.1) is 22.1 Å². The number of ether oxygens (including phenoxy) is 1. The molecule has 0 spiro atoms. The fraction of sp³-hybridized carbons (Fsp3) is 0.176. The molecule has 0 aromatic heterocycles. The smallest absolute Gasteiger partial charge is 0.341 e. The Hall–Kier alpha value is -2.76. The monoisotopic (exact) mass is 362 g/mol. The van der Waals surface area contributed by atoms with Gasteiger partial charge in [-0.05, 0) is 24.3 Å². The summed E-state index contributed by atoms with van der Waals surface area (Å²) in [6.45, 7) is -0.229.